The summed E-state index contributed by atoms with van der Waals surface area (Å²) in [5.74, 6) is -1.10. The van der Waals surface area contributed by atoms with E-state index in [9.17, 15) is 14.0 Å². The number of pyridine rings is 1. The van der Waals surface area contributed by atoms with Crippen molar-refractivity contribution in [1.29, 1.82) is 0 Å². The van der Waals surface area contributed by atoms with Crippen LogP contribution in [0.15, 0.2) is 53.7 Å². The predicted octanol–water partition coefficient (Wildman–Crippen LogP) is 5.37. The third-order valence-corrected chi connectivity index (χ3v) is 5.71. The van der Waals surface area contributed by atoms with Gasteiger partial charge in [-0.15, -0.1) is 0 Å². The van der Waals surface area contributed by atoms with E-state index >= 15 is 0 Å². The number of nitrogens with zero attached hydrogens (tertiary/aromatic N) is 3. The molecule has 0 saturated carbocycles. The Balaban J connectivity index is 0.00000361. The summed E-state index contributed by atoms with van der Waals surface area (Å²) in [6, 6.07) is 10.1. The first-order chi connectivity index (χ1) is 16.8. The zero-order chi connectivity index (χ0) is 25.1. The number of anilines is 2. The number of rotatable bonds is 6. The van der Waals surface area contributed by atoms with Gasteiger partial charge in [-0.3, -0.25) is 14.6 Å². The summed E-state index contributed by atoms with van der Waals surface area (Å²) in [5, 5.41) is 5.79. The Kier molecular flexibility index (Phi) is 8.49. The number of aliphatic imine (C=N–C) groups is 1. The number of halogens is 3. The summed E-state index contributed by atoms with van der Waals surface area (Å²) in [5.41, 5.74) is 0.381. The summed E-state index contributed by atoms with van der Waals surface area (Å²) < 4.78 is 20.2. The van der Waals surface area contributed by atoms with Gasteiger partial charge in [0.05, 0.1) is 35.5 Å². The second-order valence-electron chi connectivity index (χ2n) is 7.62. The number of ether oxygens (including phenoxy) is 1. The van der Waals surface area contributed by atoms with E-state index in [4.69, 9.17) is 27.9 Å². The first-order valence-corrected chi connectivity index (χ1v) is 11.2. The van der Waals surface area contributed by atoms with Gasteiger partial charge in [-0.2, -0.15) is 0 Å². The van der Waals surface area contributed by atoms with Crippen molar-refractivity contribution in [2.45, 2.75) is 7.43 Å². The summed E-state index contributed by atoms with van der Waals surface area (Å²) in [6.07, 6.45) is 1.37. The fourth-order valence-corrected chi connectivity index (χ4v) is 3.87. The SMILES string of the molecule is C.COc1cc(Cl)cc(C(=O)Nc2ccc(Cl)cn2)c1NC(=O)c1ccc(C2=NCCN2C)cc1F. The minimum atomic E-state index is -0.768. The van der Waals surface area contributed by atoms with Gasteiger partial charge in [0.25, 0.3) is 11.8 Å². The zero-order valence-electron chi connectivity index (χ0n) is 18.7. The quantitative estimate of drug-likeness (QED) is 0.445. The van der Waals surface area contributed by atoms with Crippen LogP contribution >= 0.6 is 23.2 Å². The maximum Gasteiger partial charge on any atom is 0.259 e. The van der Waals surface area contributed by atoms with E-state index in [1.54, 1.807) is 12.1 Å². The molecule has 0 fully saturated rings. The van der Waals surface area contributed by atoms with Crippen LogP contribution in [0, 0.1) is 5.82 Å². The Bertz CT molecular complexity index is 1330. The molecule has 0 unspecified atom stereocenters. The number of carbonyl (C=O) groups excluding carboxylic acids is 2. The second-order valence-corrected chi connectivity index (χ2v) is 8.49. The smallest absolute Gasteiger partial charge is 0.259 e. The molecule has 0 bridgehead atoms. The van der Waals surface area contributed by atoms with Crippen LogP contribution in [-0.2, 0) is 0 Å². The summed E-state index contributed by atoms with van der Waals surface area (Å²) >= 11 is 12.0. The van der Waals surface area contributed by atoms with Crippen molar-refractivity contribution in [3.8, 4) is 5.75 Å². The highest BCUT2D eigenvalue weighted by atomic mass is 35.5. The lowest BCUT2D eigenvalue weighted by Gasteiger charge is -2.17. The molecule has 2 heterocycles. The molecule has 0 radical (unpaired) electrons. The number of amidine groups is 1. The van der Waals surface area contributed by atoms with Gasteiger partial charge in [-0.25, -0.2) is 9.37 Å². The van der Waals surface area contributed by atoms with E-state index in [0.29, 0.717) is 23.0 Å². The molecule has 1 aliphatic rings. The number of aromatic nitrogens is 1. The largest absolute Gasteiger partial charge is 0.494 e. The summed E-state index contributed by atoms with van der Waals surface area (Å²) in [6.45, 7) is 1.37. The highest BCUT2D eigenvalue weighted by Crippen LogP contribution is 2.33. The Morgan fingerprint density at radius 1 is 1.03 bits per heavy atom. The van der Waals surface area contributed by atoms with Gasteiger partial charge < -0.3 is 20.3 Å². The summed E-state index contributed by atoms with van der Waals surface area (Å²) in [4.78, 5) is 36.3. The molecule has 3 aromatic rings. The maximum absolute atomic E-state index is 14.9. The molecule has 4 rings (SSSR count). The lowest BCUT2D eigenvalue weighted by molar-refractivity contribution is 0.102. The van der Waals surface area contributed by atoms with Gasteiger partial charge in [0.15, 0.2) is 0 Å². The normalized spacial score (nSPS) is 12.5. The minimum Gasteiger partial charge on any atom is -0.494 e. The topological polar surface area (TPSA) is 95.9 Å². The number of carbonyl (C=O) groups is 2. The van der Waals surface area contributed by atoms with E-state index < -0.39 is 17.6 Å². The Morgan fingerprint density at radius 2 is 1.78 bits per heavy atom. The van der Waals surface area contributed by atoms with Gasteiger partial charge >= 0.3 is 0 Å². The highest BCUT2D eigenvalue weighted by molar-refractivity contribution is 6.32. The average Bonchev–Trinajstić information content (AvgIpc) is 3.26. The van der Waals surface area contributed by atoms with Gasteiger partial charge in [-0.05, 0) is 30.3 Å². The fourth-order valence-electron chi connectivity index (χ4n) is 3.55. The first kappa shape index (κ1) is 26.9. The molecule has 8 nitrogen and oxygen atoms in total. The van der Waals surface area contributed by atoms with E-state index in [1.807, 2.05) is 11.9 Å². The first-order valence-electron chi connectivity index (χ1n) is 10.4. The third kappa shape index (κ3) is 5.75. The molecule has 0 saturated heterocycles. The third-order valence-electron chi connectivity index (χ3n) is 5.27. The Labute approximate surface area is 218 Å². The Morgan fingerprint density at radius 3 is 2.39 bits per heavy atom. The molecule has 36 heavy (non-hydrogen) atoms. The van der Waals surface area contributed by atoms with Gasteiger partial charge in [0.1, 0.15) is 23.2 Å². The van der Waals surface area contributed by atoms with E-state index in [2.05, 4.69) is 20.6 Å². The van der Waals surface area contributed by atoms with Crippen molar-refractivity contribution in [3.63, 3.8) is 0 Å². The Hall–Kier alpha value is -3.69. The van der Waals surface area contributed by atoms with Crippen LogP contribution in [0.2, 0.25) is 10.0 Å². The average molecular weight is 532 g/mol. The van der Waals surface area contributed by atoms with Crippen molar-refractivity contribution in [1.82, 2.24) is 9.88 Å². The molecular weight excluding hydrogens is 508 g/mol. The number of amides is 2. The van der Waals surface area contributed by atoms with Crippen LogP contribution < -0.4 is 15.4 Å². The van der Waals surface area contributed by atoms with Gasteiger partial charge in [0, 0.05) is 36.4 Å². The van der Waals surface area contributed by atoms with Crippen LogP contribution in [0.4, 0.5) is 15.9 Å². The molecule has 11 heteroatoms. The lowest BCUT2D eigenvalue weighted by atomic mass is 10.1. The van der Waals surface area contributed by atoms with Crippen molar-refractivity contribution >= 4 is 52.4 Å². The molecule has 0 spiro atoms. The summed E-state index contributed by atoms with van der Waals surface area (Å²) in [7, 11) is 3.22. The maximum atomic E-state index is 14.9. The number of hydrogen-bond donors (Lipinski definition) is 2. The molecule has 0 atom stereocenters. The van der Waals surface area contributed by atoms with Crippen molar-refractivity contribution in [2.75, 3.05) is 37.9 Å². The molecule has 2 aromatic carbocycles. The van der Waals surface area contributed by atoms with Crippen molar-refractivity contribution < 1.29 is 18.7 Å². The highest BCUT2D eigenvalue weighted by Gasteiger charge is 2.23. The zero-order valence-corrected chi connectivity index (χ0v) is 20.2. The number of likely N-dealkylation sites (N-methyl/N-ethyl adjacent to an activating group) is 1. The molecule has 1 aliphatic heterocycles. The fraction of sp³-hybridized carbons (Fsp3) is 0.200. The van der Waals surface area contributed by atoms with Crippen LogP contribution in [0.25, 0.3) is 0 Å². The molecule has 1 aromatic heterocycles. The predicted molar refractivity (Wildman–Crippen MR) is 140 cm³/mol. The van der Waals surface area contributed by atoms with Crippen LogP contribution in [0.5, 0.6) is 5.75 Å². The van der Waals surface area contributed by atoms with E-state index in [1.165, 1.54) is 43.6 Å². The number of hydrogen-bond acceptors (Lipinski definition) is 6. The molecule has 2 amide bonds. The van der Waals surface area contributed by atoms with Gasteiger partial charge in [-0.1, -0.05) is 36.7 Å². The van der Waals surface area contributed by atoms with Gasteiger partial charge in [0.2, 0.25) is 0 Å². The van der Waals surface area contributed by atoms with Crippen LogP contribution in [0.3, 0.4) is 0 Å². The monoisotopic (exact) mass is 531 g/mol. The molecular formula is C25H24Cl2FN5O3. The second kappa shape index (κ2) is 11.4. The standard InChI is InChI=1S/C24H20Cl2FN5O3.CH4/c1-32-8-7-28-22(32)13-3-5-16(18(27)9-13)23(33)31-21-17(10-15(26)11-19(21)35-2)24(34)30-20-6-4-14(25)12-29-20;/h3-6,9-12H,7-8H2,1-2H3,(H,31,33)(H,29,30,34);1H4. The lowest BCUT2D eigenvalue weighted by Crippen LogP contribution is -2.24. The number of benzene rings is 2. The van der Waals surface area contributed by atoms with E-state index in [0.717, 1.165) is 6.54 Å². The minimum absolute atomic E-state index is 0. The van der Waals surface area contributed by atoms with Crippen LogP contribution in [-0.4, -0.2) is 54.8 Å². The van der Waals surface area contributed by atoms with Crippen molar-refractivity contribution in [3.05, 3.63) is 81.2 Å². The van der Waals surface area contributed by atoms with Crippen molar-refractivity contribution in [2.24, 2.45) is 4.99 Å². The number of methoxy groups -OCH3 is 1. The number of nitrogens with one attached hydrogen (secondary N) is 2. The van der Waals surface area contributed by atoms with Crippen LogP contribution in [0.1, 0.15) is 33.7 Å². The molecule has 0 aliphatic carbocycles. The van der Waals surface area contributed by atoms with E-state index in [-0.39, 0.29) is 40.8 Å². The molecule has 2 N–H and O–H groups in total. The molecule has 188 valence electrons.